The third-order valence-corrected chi connectivity index (χ3v) is 4.95. The number of hydrogen-bond acceptors (Lipinski definition) is 5. The molecule has 134 valence electrons. The van der Waals surface area contributed by atoms with Crippen LogP contribution in [0.5, 0.6) is 0 Å². The highest BCUT2D eigenvalue weighted by molar-refractivity contribution is 7.85. The van der Waals surface area contributed by atoms with Crippen molar-refractivity contribution in [3.63, 3.8) is 0 Å². The summed E-state index contributed by atoms with van der Waals surface area (Å²) in [6, 6.07) is 7.20. The minimum Gasteiger partial charge on any atom is -0.444 e. The van der Waals surface area contributed by atoms with E-state index < -0.39 is 34.2 Å². The minimum absolute atomic E-state index is 0.0673. The highest BCUT2D eigenvalue weighted by Crippen LogP contribution is 2.24. The molecule has 3 atom stereocenters. The maximum atomic E-state index is 12.1. The summed E-state index contributed by atoms with van der Waals surface area (Å²) in [5, 5.41) is 7.78. The van der Waals surface area contributed by atoms with E-state index in [9.17, 15) is 13.8 Å². The smallest absolute Gasteiger partial charge is 0.414 e. The van der Waals surface area contributed by atoms with E-state index in [-0.39, 0.29) is 13.0 Å². The van der Waals surface area contributed by atoms with Crippen LogP contribution in [0.1, 0.15) is 25.3 Å². The van der Waals surface area contributed by atoms with Gasteiger partial charge in [0.05, 0.1) is 6.54 Å². The van der Waals surface area contributed by atoms with Crippen LogP contribution in [0.4, 0.5) is 10.5 Å². The average molecular weight is 364 g/mol. The monoisotopic (exact) mass is 364 g/mol. The van der Waals surface area contributed by atoms with Crippen LogP contribution in [0.3, 0.4) is 0 Å². The SMILES string of the molecule is CCC#Cc1ccc(N2CC(CC(C(=O)NO)S(C)=O)OC2=O)cc1. The lowest BCUT2D eigenvalue weighted by molar-refractivity contribution is -0.129. The Kier molecular flexibility index (Phi) is 6.56. The second kappa shape index (κ2) is 8.65. The van der Waals surface area contributed by atoms with Crippen molar-refractivity contribution in [1.82, 2.24) is 5.48 Å². The zero-order valence-electron chi connectivity index (χ0n) is 14.0. The number of benzene rings is 1. The molecular formula is C17H20N2O5S. The Balaban J connectivity index is 2.06. The lowest BCUT2D eigenvalue weighted by atomic mass is 10.1. The van der Waals surface area contributed by atoms with E-state index in [1.165, 1.54) is 16.6 Å². The van der Waals surface area contributed by atoms with E-state index in [1.54, 1.807) is 12.1 Å². The molecule has 2 N–H and O–H groups in total. The van der Waals surface area contributed by atoms with Gasteiger partial charge in [0.15, 0.2) is 0 Å². The fourth-order valence-electron chi connectivity index (χ4n) is 2.47. The van der Waals surface area contributed by atoms with Crippen molar-refractivity contribution in [2.24, 2.45) is 0 Å². The number of anilines is 1. The third kappa shape index (κ3) is 4.81. The van der Waals surface area contributed by atoms with E-state index in [1.807, 2.05) is 19.1 Å². The molecule has 1 heterocycles. The summed E-state index contributed by atoms with van der Waals surface area (Å²) in [4.78, 5) is 25.1. The number of ether oxygens (including phenoxy) is 1. The van der Waals surface area contributed by atoms with Crippen molar-refractivity contribution in [2.45, 2.75) is 31.1 Å². The Hall–Kier alpha value is -2.37. The van der Waals surface area contributed by atoms with Gasteiger partial charge in [-0.1, -0.05) is 18.8 Å². The Morgan fingerprint density at radius 1 is 1.48 bits per heavy atom. The van der Waals surface area contributed by atoms with Gasteiger partial charge in [0.25, 0.3) is 5.91 Å². The maximum Gasteiger partial charge on any atom is 0.414 e. The first kappa shape index (κ1) is 19.0. The maximum absolute atomic E-state index is 12.1. The fourth-order valence-corrected chi connectivity index (χ4v) is 3.31. The molecule has 1 aromatic carbocycles. The molecule has 0 aliphatic carbocycles. The van der Waals surface area contributed by atoms with Crippen LogP contribution in [-0.4, -0.2) is 45.6 Å². The number of hydrogen-bond donors (Lipinski definition) is 2. The largest absolute Gasteiger partial charge is 0.444 e. The van der Waals surface area contributed by atoms with Crippen LogP contribution in [0.2, 0.25) is 0 Å². The van der Waals surface area contributed by atoms with E-state index in [4.69, 9.17) is 9.94 Å². The van der Waals surface area contributed by atoms with Gasteiger partial charge in [-0.2, -0.15) is 0 Å². The van der Waals surface area contributed by atoms with Crippen LogP contribution in [-0.2, 0) is 20.3 Å². The number of amides is 2. The lowest BCUT2D eigenvalue weighted by Crippen LogP contribution is -2.38. The summed E-state index contributed by atoms with van der Waals surface area (Å²) in [6.45, 7) is 2.21. The molecule has 0 saturated carbocycles. The van der Waals surface area contributed by atoms with Crippen molar-refractivity contribution in [3.05, 3.63) is 29.8 Å². The number of nitrogens with zero attached hydrogens (tertiary/aromatic N) is 1. The van der Waals surface area contributed by atoms with Crippen LogP contribution in [0, 0.1) is 11.8 Å². The molecule has 8 heteroatoms. The molecule has 2 amide bonds. The number of nitrogens with one attached hydrogen (secondary N) is 1. The first-order valence-electron chi connectivity index (χ1n) is 7.79. The molecule has 1 saturated heterocycles. The zero-order valence-corrected chi connectivity index (χ0v) is 14.8. The standard InChI is InChI=1S/C17H20N2O5S/c1-3-4-5-12-6-8-13(9-7-12)19-11-14(24-17(19)21)10-15(25(2)23)16(20)18-22/h6-9,14-15,22H,3,10-11H2,1-2H3,(H,18,20). The van der Waals surface area contributed by atoms with Gasteiger partial charge in [0, 0.05) is 41.1 Å². The molecule has 0 radical (unpaired) electrons. The van der Waals surface area contributed by atoms with Crippen LogP contribution in [0.25, 0.3) is 0 Å². The molecule has 2 rings (SSSR count). The number of hydroxylamine groups is 1. The Labute approximate surface area is 148 Å². The molecule has 1 fully saturated rings. The van der Waals surface area contributed by atoms with Crippen molar-refractivity contribution >= 4 is 28.5 Å². The van der Waals surface area contributed by atoms with Crippen molar-refractivity contribution in [2.75, 3.05) is 17.7 Å². The molecular weight excluding hydrogens is 344 g/mol. The molecule has 7 nitrogen and oxygen atoms in total. The first-order valence-corrected chi connectivity index (χ1v) is 9.41. The highest BCUT2D eigenvalue weighted by Gasteiger charge is 2.36. The molecule has 3 unspecified atom stereocenters. The summed E-state index contributed by atoms with van der Waals surface area (Å²) in [5.41, 5.74) is 3.02. The Bertz CT molecular complexity index is 723. The zero-order chi connectivity index (χ0) is 18.4. The Morgan fingerprint density at radius 2 is 2.16 bits per heavy atom. The van der Waals surface area contributed by atoms with Gasteiger partial charge in [-0.15, -0.1) is 0 Å². The third-order valence-electron chi connectivity index (χ3n) is 3.74. The summed E-state index contributed by atoms with van der Waals surface area (Å²) in [7, 11) is -1.50. The van der Waals surface area contributed by atoms with Gasteiger partial charge in [-0.05, 0) is 24.3 Å². The van der Waals surface area contributed by atoms with Crippen LogP contribution < -0.4 is 10.4 Å². The molecule has 1 aromatic rings. The summed E-state index contributed by atoms with van der Waals surface area (Å²) >= 11 is 0. The van der Waals surface area contributed by atoms with Gasteiger partial charge >= 0.3 is 6.09 Å². The number of cyclic esters (lactones) is 1. The van der Waals surface area contributed by atoms with Gasteiger partial charge in [0.1, 0.15) is 11.4 Å². The topological polar surface area (TPSA) is 95.9 Å². The lowest BCUT2D eigenvalue weighted by Gasteiger charge is -2.16. The van der Waals surface area contributed by atoms with E-state index >= 15 is 0 Å². The van der Waals surface area contributed by atoms with Gasteiger partial charge in [-0.25, -0.2) is 10.3 Å². The van der Waals surface area contributed by atoms with E-state index in [0.717, 1.165) is 12.0 Å². The van der Waals surface area contributed by atoms with Crippen molar-refractivity contribution < 1.29 is 23.7 Å². The second-order valence-electron chi connectivity index (χ2n) is 5.52. The van der Waals surface area contributed by atoms with Crippen LogP contribution in [0.15, 0.2) is 24.3 Å². The minimum atomic E-state index is -1.50. The fraction of sp³-hybridized carbons (Fsp3) is 0.412. The molecule has 0 bridgehead atoms. The number of carbonyl (C=O) groups is 2. The van der Waals surface area contributed by atoms with Gasteiger partial charge in [-0.3, -0.25) is 19.1 Å². The Morgan fingerprint density at radius 3 is 2.72 bits per heavy atom. The molecule has 1 aliphatic heterocycles. The van der Waals surface area contributed by atoms with Crippen molar-refractivity contribution in [3.8, 4) is 11.8 Å². The number of carbonyl (C=O) groups excluding carboxylic acids is 2. The predicted octanol–water partition coefficient (Wildman–Crippen LogP) is 1.42. The molecule has 0 spiro atoms. The van der Waals surface area contributed by atoms with E-state index in [2.05, 4.69) is 11.8 Å². The molecule has 0 aromatic heterocycles. The summed E-state index contributed by atoms with van der Waals surface area (Å²) < 4.78 is 16.9. The average Bonchev–Trinajstić information content (AvgIpc) is 2.98. The van der Waals surface area contributed by atoms with E-state index in [0.29, 0.717) is 5.69 Å². The summed E-state index contributed by atoms with van der Waals surface area (Å²) in [5.74, 6) is 5.22. The summed E-state index contributed by atoms with van der Waals surface area (Å²) in [6.07, 6.45) is 1.09. The second-order valence-corrected chi connectivity index (χ2v) is 7.08. The molecule has 25 heavy (non-hydrogen) atoms. The number of rotatable bonds is 5. The van der Waals surface area contributed by atoms with Crippen LogP contribution >= 0.6 is 0 Å². The van der Waals surface area contributed by atoms with Gasteiger partial charge in [0.2, 0.25) is 0 Å². The van der Waals surface area contributed by atoms with Gasteiger partial charge < -0.3 is 4.74 Å². The quantitative estimate of drug-likeness (QED) is 0.468. The predicted molar refractivity (Wildman–Crippen MR) is 93.6 cm³/mol. The van der Waals surface area contributed by atoms with Crippen molar-refractivity contribution in [1.29, 1.82) is 0 Å². The first-order chi connectivity index (χ1) is 12.0. The molecule has 1 aliphatic rings. The highest BCUT2D eigenvalue weighted by atomic mass is 32.2. The normalized spacial score (nSPS) is 18.8.